The first-order valence-electron chi connectivity index (χ1n) is 5.15. The van der Waals surface area contributed by atoms with E-state index >= 15 is 0 Å². The van der Waals surface area contributed by atoms with Crippen LogP contribution in [0.1, 0.15) is 4.88 Å². The van der Waals surface area contributed by atoms with E-state index in [1.807, 2.05) is 13.1 Å². The van der Waals surface area contributed by atoms with Gasteiger partial charge in [0.05, 0.1) is 0 Å². The van der Waals surface area contributed by atoms with Gasteiger partial charge in [-0.05, 0) is 23.9 Å². The number of anilines is 2. The van der Waals surface area contributed by atoms with Crippen LogP contribution in [0.3, 0.4) is 0 Å². The second-order valence-electron chi connectivity index (χ2n) is 3.27. The van der Waals surface area contributed by atoms with Crippen molar-refractivity contribution in [3.63, 3.8) is 0 Å². The van der Waals surface area contributed by atoms with Crippen LogP contribution in [0.4, 0.5) is 11.8 Å². The van der Waals surface area contributed by atoms with Crippen molar-refractivity contribution in [1.82, 2.24) is 9.97 Å². The molecule has 0 aliphatic rings. The Balaban J connectivity index is 1.85. The molecule has 0 amide bonds. The van der Waals surface area contributed by atoms with Gasteiger partial charge in [-0.1, -0.05) is 6.07 Å². The number of rotatable bonds is 5. The molecule has 0 unspecified atom stereocenters. The third-order valence-corrected chi connectivity index (χ3v) is 3.07. The maximum absolute atomic E-state index is 4.28. The summed E-state index contributed by atoms with van der Waals surface area (Å²) < 4.78 is 0. The lowest BCUT2D eigenvalue weighted by Crippen LogP contribution is -2.07. The second-order valence-corrected chi connectivity index (χ2v) is 4.30. The van der Waals surface area contributed by atoms with Gasteiger partial charge in [0, 0.05) is 24.7 Å². The van der Waals surface area contributed by atoms with Gasteiger partial charge in [0.1, 0.15) is 5.82 Å². The van der Waals surface area contributed by atoms with Gasteiger partial charge in [0.25, 0.3) is 0 Å². The summed E-state index contributed by atoms with van der Waals surface area (Å²) in [7, 11) is 1.81. The van der Waals surface area contributed by atoms with Crippen LogP contribution in [0.25, 0.3) is 0 Å². The normalized spacial score (nSPS) is 10.1. The fourth-order valence-electron chi connectivity index (χ4n) is 1.35. The van der Waals surface area contributed by atoms with Gasteiger partial charge < -0.3 is 10.6 Å². The van der Waals surface area contributed by atoms with Gasteiger partial charge in [-0.3, -0.25) is 0 Å². The molecule has 2 aromatic heterocycles. The van der Waals surface area contributed by atoms with Crippen LogP contribution in [0.5, 0.6) is 0 Å². The average molecular weight is 234 g/mol. The minimum atomic E-state index is 0.640. The van der Waals surface area contributed by atoms with Crippen LogP contribution >= 0.6 is 11.3 Å². The van der Waals surface area contributed by atoms with Crippen LogP contribution in [0.15, 0.2) is 29.8 Å². The van der Waals surface area contributed by atoms with Crippen molar-refractivity contribution in [2.45, 2.75) is 6.42 Å². The number of nitrogens with one attached hydrogen (secondary N) is 2. The van der Waals surface area contributed by atoms with Crippen molar-refractivity contribution in [2.75, 3.05) is 24.2 Å². The third-order valence-electron chi connectivity index (χ3n) is 2.14. The molecule has 0 saturated carbocycles. The maximum atomic E-state index is 4.28. The molecule has 5 heteroatoms. The molecule has 0 saturated heterocycles. The van der Waals surface area contributed by atoms with Crippen LogP contribution in [-0.4, -0.2) is 23.6 Å². The molecule has 16 heavy (non-hydrogen) atoms. The molecule has 0 atom stereocenters. The summed E-state index contributed by atoms with van der Waals surface area (Å²) in [5, 5.41) is 8.28. The lowest BCUT2D eigenvalue weighted by Gasteiger charge is -2.05. The zero-order valence-corrected chi connectivity index (χ0v) is 9.92. The summed E-state index contributed by atoms with van der Waals surface area (Å²) in [5.41, 5.74) is 0. The molecule has 2 heterocycles. The number of thiophene rings is 1. The Labute approximate surface area is 98.8 Å². The van der Waals surface area contributed by atoms with Crippen molar-refractivity contribution < 1.29 is 0 Å². The van der Waals surface area contributed by atoms with E-state index in [1.165, 1.54) is 4.88 Å². The fourth-order valence-corrected chi connectivity index (χ4v) is 2.06. The van der Waals surface area contributed by atoms with Crippen LogP contribution in [0, 0.1) is 0 Å². The first-order chi connectivity index (χ1) is 7.88. The highest BCUT2D eigenvalue weighted by Crippen LogP contribution is 2.10. The Morgan fingerprint density at radius 3 is 3.06 bits per heavy atom. The molecule has 0 aromatic carbocycles. The summed E-state index contributed by atoms with van der Waals surface area (Å²) in [6.45, 7) is 0.890. The van der Waals surface area contributed by atoms with Crippen molar-refractivity contribution >= 4 is 23.1 Å². The Morgan fingerprint density at radius 1 is 1.38 bits per heavy atom. The molecule has 84 valence electrons. The van der Waals surface area contributed by atoms with Crippen LogP contribution < -0.4 is 10.6 Å². The van der Waals surface area contributed by atoms with E-state index in [1.54, 1.807) is 17.5 Å². The minimum absolute atomic E-state index is 0.640. The standard InChI is InChI=1S/C11H14N4S/c1-12-11-14-7-5-10(15-11)13-6-4-9-3-2-8-16-9/h2-3,5,7-8H,4,6H2,1H3,(H2,12,13,14,15). The van der Waals surface area contributed by atoms with Crippen molar-refractivity contribution in [3.05, 3.63) is 34.7 Å². The summed E-state index contributed by atoms with van der Waals surface area (Å²) >= 11 is 1.78. The van der Waals surface area contributed by atoms with E-state index in [0.717, 1.165) is 18.8 Å². The molecule has 0 bridgehead atoms. The first kappa shape index (κ1) is 10.9. The molecule has 4 nitrogen and oxygen atoms in total. The molecular formula is C11H14N4S. The van der Waals surface area contributed by atoms with Gasteiger partial charge >= 0.3 is 0 Å². The Kier molecular flexibility index (Phi) is 3.71. The Morgan fingerprint density at radius 2 is 2.31 bits per heavy atom. The van der Waals surface area contributed by atoms with Gasteiger partial charge in [-0.25, -0.2) is 4.98 Å². The number of aromatic nitrogens is 2. The molecule has 2 rings (SSSR count). The summed E-state index contributed by atoms with van der Waals surface area (Å²) in [5.74, 6) is 1.50. The van der Waals surface area contributed by atoms with Gasteiger partial charge in [-0.15, -0.1) is 11.3 Å². The summed E-state index contributed by atoms with van der Waals surface area (Å²) in [6, 6.07) is 6.09. The smallest absolute Gasteiger partial charge is 0.224 e. The largest absolute Gasteiger partial charge is 0.370 e. The predicted octanol–water partition coefficient (Wildman–Crippen LogP) is 2.23. The zero-order chi connectivity index (χ0) is 11.2. The quantitative estimate of drug-likeness (QED) is 0.833. The molecule has 0 aliphatic heterocycles. The van der Waals surface area contributed by atoms with Crippen molar-refractivity contribution in [1.29, 1.82) is 0 Å². The van der Waals surface area contributed by atoms with Crippen LogP contribution in [-0.2, 0) is 6.42 Å². The second kappa shape index (κ2) is 5.46. The monoisotopic (exact) mass is 234 g/mol. The lowest BCUT2D eigenvalue weighted by atomic mass is 10.3. The highest BCUT2D eigenvalue weighted by atomic mass is 32.1. The Hall–Kier alpha value is -1.62. The number of nitrogens with zero attached hydrogens (tertiary/aromatic N) is 2. The molecule has 0 spiro atoms. The molecule has 0 radical (unpaired) electrons. The van der Waals surface area contributed by atoms with Crippen molar-refractivity contribution in [3.8, 4) is 0 Å². The molecule has 2 N–H and O–H groups in total. The fraction of sp³-hybridized carbons (Fsp3) is 0.273. The average Bonchev–Trinajstić information content (AvgIpc) is 2.82. The van der Waals surface area contributed by atoms with Crippen molar-refractivity contribution in [2.24, 2.45) is 0 Å². The first-order valence-corrected chi connectivity index (χ1v) is 6.03. The highest BCUT2D eigenvalue weighted by molar-refractivity contribution is 7.09. The molecular weight excluding hydrogens is 220 g/mol. The molecule has 0 aliphatic carbocycles. The predicted molar refractivity (Wildman–Crippen MR) is 68.1 cm³/mol. The van der Waals surface area contributed by atoms with Gasteiger partial charge in [-0.2, -0.15) is 4.98 Å². The van der Waals surface area contributed by atoms with E-state index < -0.39 is 0 Å². The van der Waals surface area contributed by atoms with E-state index in [9.17, 15) is 0 Å². The van der Waals surface area contributed by atoms with Crippen LogP contribution in [0.2, 0.25) is 0 Å². The van der Waals surface area contributed by atoms with E-state index in [0.29, 0.717) is 5.95 Å². The number of hydrogen-bond acceptors (Lipinski definition) is 5. The maximum Gasteiger partial charge on any atom is 0.224 e. The summed E-state index contributed by atoms with van der Waals surface area (Å²) in [4.78, 5) is 9.72. The van der Waals surface area contributed by atoms with Gasteiger partial charge in [0.2, 0.25) is 5.95 Å². The zero-order valence-electron chi connectivity index (χ0n) is 9.10. The minimum Gasteiger partial charge on any atom is -0.370 e. The van der Waals surface area contributed by atoms with Gasteiger partial charge in [0.15, 0.2) is 0 Å². The topological polar surface area (TPSA) is 49.8 Å². The molecule has 0 fully saturated rings. The van der Waals surface area contributed by atoms with E-state index in [-0.39, 0.29) is 0 Å². The lowest BCUT2D eigenvalue weighted by molar-refractivity contribution is 1.02. The van der Waals surface area contributed by atoms with E-state index in [4.69, 9.17) is 0 Å². The Bertz CT molecular complexity index is 427. The SMILES string of the molecule is CNc1nccc(NCCc2cccs2)n1. The van der Waals surface area contributed by atoms with E-state index in [2.05, 4.69) is 38.1 Å². The third kappa shape index (κ3) is 2.93. The number of hydrogen-bond donors (Lipinski definition) is 2. The highest BCUT2D eigenvalue weighted by Gasteiger charge is 1.97. The summed E-state index contributed by atoms with van der Waals surface area (Å²) in [6.07, 6.45) is 2.77. The molecule has 2 aromatic rings.